The molecule has 0 atom stereocenters. The van der Waals surface area contributed by atoms with Gasteiger partial charge in [-0.3, -0.25) is 4.79 Å². The Morgan fingerprint density at radius 2 is 2.08 bits per heavy atom. The summed E-state index contributed by atoms with van der Waals surface area (Å²) in [5.41, 5.74) is 8.67. The van der Waals surface area contributed by atoms with E-state index in [9.17, 15) is 13.2 Å². The lowest BCUT2D eigenvalue weighted by Crippen LogP contribution is -2.36. The van der Waals surface area contributed by atoms with Crippen molar-refractivity contribution in [1.82, 2.24) is 9.71 Å². The first kappa shape index (κ1) is 20.3. The number of halogens is 1. The summed E-state index contributed by atoms with van der Waals surface area (Å²) >= 11 is 0. The molecule has 4 N–H and O–H groups in total. The molecule has 0 aliphatic carbocycles. The Bertz CT molecular complexity index is 908. The first-order valence-corrected chi connectivity index (χ1v) is 9.68. The second kappa shape index (κ2) is 7.69. The Labute approximate surface area is 159 Å². The summed E-state index contributed by atoms with van der Waals surface area (Å²) in [4.78, 5) is 17.4. The number of fused-ring (bicyclic) bond motifs is 1. The molecule has 0 bridgehead atoms. The van der Waals surface area contributed by atoms with Crippen LogP contribution in [-0.2, 0) is 16.4 Å². The minimum absolute atomic E-state index is 0. The van der Waals surface area contributed by atoms with Gasteiger partial charge in [0.1, 0.15) is 10.6 Å². The van der Waals surface area contributed by atoms with Crippen LogP contribution in [0.5, 0.6) is 0 Å². The zero-order chi connectivity index (χ0) is 18.2. The first-order chi connectivity index (χ1) is 11.8. The molecule has 3 rings (SSSR count). The molecule has 1 aromatic heterocycles. The summed E-state index contributed by atoms with van der Waals surface area (Å²) < 4.78 is 27.0. The van der Waals surface area contributed by atoms with Crippen LogP contribution in [0.15, 0.2) is 35.4 Å². The predicted octanol–water partition coefficient (Wildman–Crippen LogP) is 2.30. The van der Waals surface area contributed by atoms with Crippen molar-refractivity contribution >= 4 is 39.7 Å². The van der Waals surface area contributed by atoms with Gasteiger partial charge in [0.05, 0.1) is 0 Å². The topological polar surface area (TPSA) is 108 Å². The molecule has 142 valence electrons. The third-order valence-corrected chi connectivity index (χ3v) is 5.76. The van der Waals surface area contributed by atoms with Gasteiger partial charge in [-0.05, 0) is 50.5 Å². The van der Waals surface area contributed by atoms with Gasteiger partial charge in [-0.2, -0.15) is 0 Å². The Hall–Kier alpha value is -2.03. The van der Waals surface area contributed by atoms with Gasteiger partial charge in [-0.15, -0.1) is 12.4 Å². The van der Waals surface area contributed by atoms with Crippen LogP contribution in [0.2, 0.25) is 0 Å². The maximum atomic E-state index is 12.9. The summed E-state index contributed by atoms with van der Waals surface area (Å²) in [5.74, 6) is -0.266. The zero-order valence-corrected chi connectivity index (χ0v) is 16.3. The highest BCUT2D eigenvalue weighted by Crippen LogP contribution is 2.32. The molecule has 1 aliphatic rings. The van der Waals surface area contributed by atoms with E-state index in [0.717, 1.165) is 24.1 Å². The molecule has 26 heavy (non-hydrogen) atoms. The van der Waals surface area contributed by atoms with Crippen molar-refractivity contribution in [2.75, 3.05) is 17.2 Å². The number of anilines is 2. The van der Waals surface area contributed by atoms with Gasteiger partial charge in [0.15, 0.2) is 0 Å². The zero-order valence-electron chi connectivity index (χ0n) is 14.7. The average molecular weight is 399 g/mol. The van der Waals surface area contributed by atoms with Crippen LogP contribution in [-0.4, -0.2) is 31.9 Å². The number of aromatic nitrogens is 1. The molecule has 2 heterocycles. The number of hydrogen-bond acceptors (Lipinski definition) is 4. The Morgan fingerprint density at radius 3 is 2.77 bits per heavy atom. The quantitative estimate of drug-likeness (QED) is 0.686. The van der Waals surface area contributed by atoms with Gasteiger partial charge in [0.25, 0.3) is 5.91 Å². The van der Waals surface area contributed by atoms with Crippen LogP contribution < -0.4 is 15.4 Å². The number of nitrogens with two attached hydrogens (primary N) is 1. The molecule has 0 fully saturated rings. The number of nitrogens with one attached hydrogen (secondary N) is 2. The van der Waals surface area contributed by atoms with Crippen molar-refractivity contribution < 1.29 is 13.2 Å². The third-order valence-electron chi connectivity index (χ3n) is 4.12. The van der Waals surface area contributed by atoms with Gasteiger partial charge < -0.3 is 15.6 Å². The molecule has 7 nitrogen and oxygen atoms in total. The van der Waals surface area contributed by atoms with Crippen molar-refractivity contribution in [3.63, 3.8) is 0 Å². The van der Waals surface area contributed by atoms with E-state index in [2.05, 4.69) is 9.71 Å². The first-order valence-electron chi connectivity index (χ1n) is 8.19. The standard InChI is InChI=1S/C17H22N4O3S.ClH/c1-11(2)20-25(23,24)12-9-15(19-10-12)17(22)21-8-4-5-13-14(18)6-3-7-16(13)21;/h3,6-7,9-11,19-20H,4-5,8,18H2,1-2H3;1H. The van der Waals surface area contributed by atoms with Crippen molar-refractivity contribution in [3.8, 4) is 0 Å². The van der Waals surface area contributed by atoms with E-state index in [1.807, 2.05) is 18.2 Å². The number of benzene rings is 1. The second-order valence-corrected chi connectivity index (χ2v) is 8.14. The Morgan fingerprint density at radius 1 is 1.35 bits per heavy atom. The van der Waals surface area contributed by atoms with Crippen LogP contribution in [0, 0.1) is 0 Å². The van der Waals surface area contributed by atoms with Crippen molar-refractivity contribution in [2.45, 2.75) is 37.6 Å². The lowest BCUT2D eigenvalue weighted by Gasteiger charge is -2.30. The summed E-state index contributed by atoms with van der Waals surface area (Å²) in [6, 6.07) is 6.65. The van der Waals surface area contributed by atoms with Gasteiger partial charge in [0, 0.05) is 30.2 Å². The minimum Gasteiger partial charge on any atom is -0.398 e. The molecular weight excluding hydrogens is 376 g/mol. The van der Waals surface area contributed by atoms with E-state index in [-0.39, 0.29) is 34.9 Å². The van der Waals surface area contributed by atoms with E-state index in [1.54, 1.807) is 18.7 Å². The lowest BCUT2D eigenvalue weighted by molar-refractivity contribution is 0.0981. The summed E-state index contributed by atoms with van der Waals surface area (Å²) in [6.45, 7) is 4.05. The molecule has 1 aromatic carbocycles. The minimum atomic E-state index is -3.64. The number of carbonyl (C=O) groups excluding carboxylic acids is 1. The number of carbonyl (C=O) groups is 1. The van der Waals surface area contributed by atoms with Crippen LogP contribution in [0.4, 0.5) is 11.4 Å². The van der Waals surface area contributed by atoms with Crippen LogP contribution in [0.3, 0.4) is 0 Å². The number of hydrogen-bond donors (Lipinski definition) is 3. The number of amides is 1. The van der Waals surface area contributed by atoms with E-state index in [4.69, 9.17) is 5.73 Å². The number of sulfonamides is 1. The molecule has 2 aromatic rings. The van der Waals surface area contributed by atoms with Crippen molar-refractivity contribution in [1.29, 1.82) is 0 Å². The van der Waals surface area contributed by atoms with E-state index in [1.165, 1.54) is 12.3 Å². The number of nitrogens with zero attached hydrogens (tertiary/aromatic N) is 1. The Kier molecular flexibility index (Phi) is 6.00. The molecule has 0 saturated carbocycles. The summed E-state index contributed by atoms with van der Waals surface area (Å²) in [5, 5.41) is 0. The number of H-pyrrole nitrogens is 1. The Balaban J connectivity index is 0.00000243. The van der Waals surface area contributed by atoms with Crippen molar-refractivity contribution in [2.24, 2.45) is 0 Å². The fourth-order valence-electron chi connectivity index (χ4n) is 3.04. The molecule has 1 amide bonds. The lowest BCUT2D eigenvalue weighted by atomic mass is 9.99. The fraction of sp³-hybridized carbons (Fsp3) is 0.353. The molecule has 1 aliphatic heterocycles. The van der Waals surface area contributed by atoms with Gasteiger partial charge in [0.2, 0.25) is 10.0 Å². The average Bonchev–Trinajstić information content (AvgIpc) is 3.04. The molecule has 0 spiro atoms. The van der Waals surface area contributed by atoms with Crippen LogP contribution in [0.1, 0.15) is 36.3 Å². The highest BCUT2D eigenvalue weighted by Gasteiger charge is 2.27. The maximum Gasteiger partial charge on any atom is 0.274 e. The van der Waals surface area contributed by atoms with E-state index < -0.39 is 10.0 Å². The summed E-state index contributed by atoms with van der Waals surface area (Å²) in [7, 11) is -3.64. The smallest absolute Gasteiger partial charge is 0.274 e. The molecule has 0 saturated heterocycles. The molecule has 9 heteroatoms. The monoisotopic (exact) mass is 398 g/mol. The van der Waals surface area contributed by atoms with Gasteiger partial charge in [-0.1, -0.05) is 6.07 Å². The van der Waals surface area contributed by atoms with Crippen molar-refractivity contribution in [3.05, 3.63) is 41.7 Å². The number of nitrogen functional groups attached to an aromatic ring is 1. The normalized spacial score (nSPS) is 14.0. The van der Waals surface area contributed by atoms with E-state index >= 15 is 0 Å². The molecular formula is C17H23ClN4O3S. The number of rotatable bonds is 4. The maximum absolute atomic E-state index is 12.9. The molecule has 0 unspecified atom stereocenters. The van der Waals surface area contributed by atoms with Gasteiger partial charge in [-0.25, -0.2) is 13.1 Å². The second-order valence-electron chi connectivity index (χ2n) is 6.43. The van der Waals surface area contributed by atoms with Gasteiger partial charge >= 0.3 is 0 Å². The fourth-order valence-corrected chi connectivity index (χ4v) is 4.28. The summed E-state index contributed by atoms with van der Waals surface area (Å²) in [6.07, 6.45) is 2.98. The molecule has 0 radical (unpaired) electrons. The van der Waals surface area contributed by atoms with Crippen LogP contribution in [0.25, 0.3) is 0 Å². The third kappa shape index (κ3) is 3.87. The largest absolute Gasteiger partial charge is 0.398 e. The highest BCUT2D eigenvalue weighted by molar-refractivity contribution is 7.89. The number of aromatic amines is 1. The SMILES string of the molecule is CC(C)NS(=O)(=O)c1c[nH]c(C(=O)N2CCCc3c(N)cccc32)c1.Cl. The van der Waals surface area contributed by atoms with E-state index in [0.29, 0.717) is 12.2 Å². The predicted molar refractivity (Wildman–Crippen MR) is 104 cm³/mol. The highest BCUT2D eigenvalue weighted by atomic mass is 35.5. The van der Waals surface area contributed by atoms with Crippen LogP contribution >= 0.6 is 12.4 Å².